The molecule has 4 nitrogen and oxygen atoms in total. The summed E-state index contributed by atoms with van der Waals surface area (Å²) >= 11 is 0. The molecule has 100 valence electrons. The Labute approximate surface area is 114 Å². The van der Waals surface area contributed by atoms with Gasteiger partial charge in [-0.25, -0.2) is 9.97 Å². The Balaban J connectivity index is 2.09. The van der Waals surface area contributed by atoms with E-state index in [4.69, 9.17) is 0 Å². The second-order valence-electron chi connectivity index (χ2n) is 4.76. The summed E-state index contributed by atoms with van der Waals surface area (Å²) in [6.07, 6.45) is 2.61. The van der Waals surface area contributed by atoms with E-state index in [1.165, 1.54) is 5.56 Å². The Morgan fingerprint density at radius 1 is 1.05 bits per heavy atom. The molecule has 0 saturated carbocycles. The maximum absolute atomic E-state index is 4.22. The molecule has 0 aliphatic heterocycles. The van der Waals surface area contributed by atoms with Crippen LogP contribution >= 0.6 is 0 Å². The summed E-state index contributed by atoms with van der Waals surface area (Å²) < 4.78 is 0. The van der Waals surface area contributed by atoms with Crippen LogP contribution in [-0.2, 0) is 6.42 Å². The highest BCUT2D eigenvalue weighted by atomic mass is 15.1. The van der Waals surface area contributed by atoms with Crippen LogP contribution in [0, 0.1) is 0 Å². The van der Waals surface area contributed by atoms with Gasteiger partial charge in [-0.2, -0.15) is 0 Å². The summed E-state index contributed by atoms with van der Waals surface area (Å²) in [6.45, 7) is 6.31. The molecule has 0 atom stereocenters. The van der Waals surface area contributed by atoms with Crippen molar-refractivity contribution in [1.82, 2.24) is 9.97 Å². The topological polar surface area (TPSA) is 49.8 Å². The van der Waals surface area contributed by atoms with Gasteiger partial charge in [0.2, 0.25) is 0 Å². The predicted octanol–water partition coefficient (Wildman–Crippen LogP) is 3.60. The maximum Gasteiger partial charge on any atom is 0.135 e. The molecule has 0 aliphatic rings. The van der Waals surface area contributed by atoms with E-state index >= 15 is 0 Å². The zero-order valence-electron chi connectivity index (χ0n) is 11.6. The lowest BCUT2D eigenvalue weighted by Gasteiger charge is -2.10. The van der Waals surface area contributed by atoms with Crippen LogP contribution in [0.4, 0.5) is 17.3 Å². The number of nitrogens with one attached hydrogen (secondary N) is 2. The fourth-order valence-corrected chi connectivity index (χ4v) is 1.77. The highest BCUT2D eigenvalue weighted by Crippen LogP contribution is 2.17. The summed E-state index contributed by atoms with van der Waals surface area (Å²) in [7, 11) is 0. The number of anilines is 3. The van der Waals surface area contributed by atoms with Crippen molar-refractivity contribution in [3.8, 4) is 0 Å². The molecule has 0 fully saturated rings. The van der Waals surface area contributed by atoms with Gasteiger partial charge < -0.3 is 10.6 Å². The van der Waals surface area contributed by atoms with Crippen molar-refractivity contribution in [2.45, 2.75) is 33.2 Å². The fraction of sp³-hybridized carbons (Fsp3) is 0.333. The zero-order chi connectivity index (χ0) is 13.7. The van der Waals surface area contributed by atoms with Gasteiger partial charge in [-0.05, 0) is 38.0 Å². The third kappa shape index (κ3) is 3.95. The molecule has 4 heteroatoms. The Morgan fingerprint density at radius 2 is 1.74 bits per heavy atom. The molecule has 0 radical (unpaired) electrons. The first kappa shape index (κ1) is 13.3. The standard InChI is InChI=1S/C15H20N4/c1-4-12-5-7-13(8-6-12)19-15-9-14(16-10-17-15)18-11(2)3/h5-11H,4H2,1-3H3,(H2,16,17,18,19). The number of aromatic nitrogens is 2. The number of hydrogen-bond donors (Lipinski definition) is 2. The van der Waals surface area contributed by atoms with Gasteiger partial charge in [0, 0.05) is 17.8 Å². The van der Waals surface area contributed by atoms with E-state index in [0.29, 0.717) is 6.04 Å². The molecule has 19 heavy (non-hydrogen) atoms. The number of nitrogens with zero attached hydrogens (tertiary/aromatic N) is 2. The second-order valence-corrected chi connectivity index (χ2v) is 4.76. The molecular formula is C15H20N4. The fourth-order valence-electron chi connectivity index (χ4n) is 1.77. The molecule has 2 aromatic rings. The third-order valence-corrected chi connectivity index (χ3v) is 2.74. The quantitative estimate of drug-likeness (QED) is 0.858. The number of aryl methyl sites for hydroxylation is 1. The smallest absolute Gasteiger partial charge is 0.135 e. The Kier molecular flexibility index (Phi) is 4.34. The van der Waals surface area contributed by atoms with Crippen molar-refractivity contribution < 1.29 is 0 Å². The van der Waals surface area contributed by atoms with Gasteiger partial charge in [-0.1, -0.05) is 19.1 Å². The van der Waals surface area contributed by atoms with Crippen molar-refractivity contribution in [3.63, 3.8) is 0 Å². The molecule has 0 amide bonds. The monoisotopic (exact) mass is 256 g/mol. The van der Waals surface area contributed by atoms with Gasteiger partial charge in [0.15, 0.2) is 0 Å². The minimum Gasteiger partial charge on any atom is -0.368 e. The summed E-state index contributed by atoms with van der Waals surface area (Å²) in [5.41, 5.74) is 2.36. The van der Waals surface area contributed by atoms with Crippen LogP contribution in [0.15, 0.2) is 36.7 Å². The van der Waals surface area contributed by atoms with Gasteiger partial charge in [-0.15, -0.1) is 0 Å². The molecule has 0 unspecified atom stereocenters. The van der Waals surface area contributed by atoms with E-state index in [1.54, 1.807) is 6.33 Å². The average Bonchev–Trinajstić information content (AvgIpc) is 2.39. The van der Waals surface area contributed by atoms with Crippen molar-refractivity contribution in [2.24, 2.45) is 0 Å². The lowest BCUT2D eigenvalue weighted by Crippen LogP contribution is -2.11. The van der Waals surface area contributed by atoms with E-state index < -0.39 is 0 Å². The second kappa shape index (κ2) is 6.18. The molecule has 2 N–H and O–H groups in total. The Morgan fingerprint density at radius 3 is 2.37 bits per heavy atom. The highest BCUT2D eigenvalue weighted by Gasteiger charge is 2.01. The number of hydrogen-bond acceptors (Lipinski definition) is 4. The summed E-state index contributed by atoms with van der Waals surface area (Å²) in [5.74, 6) is 1.63. The molecule has 0 saturated heterocycles. The Hall–Kier alpha value is -2.10. The van der Waals surface area contributed by atoms with Crippen LogP contribution in [0.2, 0.25) is 0 Å². The van der Waals surface area contributed by atoms with Crippen LogP contribution < -0.4 is 10.6 Å². The van der Waals surface area contributed by atoms with E-state index in [0.717, 1.165) is 23.7 Å². The number of rotatable bonds is 5. The van der Waals surface area contributed by atoms with Crippen LogP contribution in [-0.4, -0.2) is 16.0 Å². The van der Waals surface area contributed by atoms with E-state index in [9.17, 15) is 0 Å². The molecule has 1 aromatic carbocycles. The molecule has 2 rings (SSSR count). The lowest BCUT2D eigenvalue weighted by molar-refractivity contribution is 0.886. The molecule has 1 aromatic heterocycles. The molecule has 1 heterocycles. The molecule has 0 aliphatic carbocycles. The minimum absolute atomic E-state index is 0.353. The Bertz CT molecular complexity index is 520. The maximum atomic E-state index is 4.22. The molecule has 0 spiro atoms. The van der Waals surface area contributed by atoms with Gasteiger partial charge in [-0.3, -0.25) is 0 Å². The molecule has 0 bridgehead atoms. The first-order chi connectivity index (χ1) is 9.17. The normalized spacial score (nSPS) is 10.5. The van der Waals surface area contributed by atoms with Crippen LogP contribution in [0.1, 0.15) is 26.3 Å². The van der Waals surface area contributed by atoms with Crippen molar-refractivity contribution in [1.29, 1.82) is 0 Å². The summed E-state index contributed by atoms with van der Waals surface area (Å²) in [4.78, 5) is 8.41. The first-order valence-corrected chi connectivity index (χ1v) is 6.62. The lowest BCUT2D eigenvalue weighted by atomic mass is 10.1. The van der Waals surface area contributed by atoms with Crippen molar-refractivity contribution in [2.75, 3.05) is 10.6 Å². The van der Waals surface area contributed by atoms with Crippen molar-refractivity contribution in [3.05, 3.63) is 42.2 Å². The number of benzene rings is 1. The minimum atomic E-state index is 0.353. The van der Waals surface area contributed by atoms with Gasteiger partial charge in [0.1, 0.15) is 18.0 Å². The first-order valence-electron chi connectivity index (χ1n) is 6.62. The van der Waals surface area contributed by atoms with Crippen LogP contribution in [0.3, 0.4) is 0 Å². The van der Waals surface area contributed by atoms with Crippen LogP contribution in [0.25, 0.3) is 0 Å². The highest BCUT2D eigenvalue weighted by molar-refractivity contribution is 5.59. The van der Waals surface area contributed by atoms with Gasteiger partial charge in [0.05, 0.1) is 0 Å². The predicted molar refractivity (Wildman–Crippen MR) is 79.9 cm³/mol. The van der Waals surface area contributed by atoms with E-state index in [-0.39, 0.29) is 0 Å². The SMILES string of the molecule is CCc1ccc(Nc2cc(NC(C)C)ncn2)cc1. The van der Waals surface area contributed by atoms with Gasteiger partial charge in [0.25, 0.3) is 0 Å². The van der Waals surface area contributed by atoms with Crippen LogP contribution in [0.5, 0.6) is 0 Å². The molecular weight excluding hydrogens is 236 g/mol. The summed E-state index contributed by atoms with van der Waals surface area (Å²) in [5, 5.41) is 6.54. The zero-order valence-corrected chi connectivity index (χ0v) is 11.6. The third-order valence-electron chi connectivity index (χ3n) is 2.74. The van der Waals surface area contributed by atoms with E-state index in [1.807, 2.05) is 6.07 Å². The van der Waals surface area contributed by atoms with Crippen molar-refractivity contribution >= 4 is 17.3 Å². The van der Waals surface area contributed by atoms with Gasteiger partial charge >= 0.3 is 0 Å². The van der Waals surface area contributed by atoms with E-state index in [2.05, 4.69) is 65.6 Å². The summed E-state index contributed by atoms with van der Waals surface area (Å²) in [6, 6.07) is 10.6. The average molecular weight is 256 g/mol. The largest absolute Gasteiger partial charge is 0.368 e.